The molecule has 3 bridgehead atoms. The molecule has 15 nitrogen and oxygen atoms in total. The first-order valence-corrected chi connectivity index (χ1v) is 21.4. The van der Waals surface area contributed by atoms with Crippen LogP contribution in [0, 0.1) is 11.8 Å². The van der Waals surface area contributed by atoms with Gasteiger partial charge in [-0.1, -0.05) is 37.8 Å². The number of alkyl carbamates (subject to hydrolysis) is 1. The molecule has 0 unspecified atom stereocenters. The highest BCUT2D eigenvalue weighted by Gasteiger charge is 2.62. The quantitative estimate of drug-likeness (QED) is 0.384. The summed E-state index contributed by atoms with van der Waals surface area (Å²) in [5.74, 6) is -1.05. The molecular formula is C39H50N6O9S. The van der Waals surface area contributed by atoms with Crippen molar-refractivity contribution in [1.29, 1.82) is 0 Å². The third-order valence-corrected chi connectivity index (χ3v) is 13.7. The third kappa shape index (κ3) is 8.24. The molecule has 55 heavy (non-hydrogen) atoms. The minimum absolute atomic E-state index is 0.00466. The first-order valence-electron chi connectivity index (χ1n) is 19.9. The van der Waals surface area contributed by atoms with Crippen molar-refractivity contribution in [3.8, 4) is 11.6 Å². The van der Waals surface area contributed by atoms with Crippen LogP contribution < -0.4 is 24.8 Å². The predicted octanol–water partition coefficient (Wildman–Crippen LogP) is 3.59. The molecule has 3 aliphatic carbocycles. The number of ether oxygens (including phenoxy) is 3. The lowest BCUT2D eigenvalue weighted by Gasteiger charge is -2.29. The van der Waals surface area contributed by atoms with Crippen molar-refractivity contribution in [3.05, 3.63) is 36.0 Å². The monoisotopic (exact) mass is 778 g/mol. The number of carbonyl (C=O) groups excluding carboxylic acids is 4. The molecule has 3 aliphatic heterocycles. The predicted molar refractivity (Wildman–Crippen MR) is 199 cm³/mol. The second-order valence-corrected chi connectivity index (χ2v) is 18.0. The average molecular weight is 779 g/mol. The molecule has 4 fully saturated rings. The van der Waals surface area contributed by atoms with Gasteiger partial charge in [-0.2, -0.15) is 0 Å². The number of carbonyl (C=O) groups is 4. The smallest absolute Gasteiger partial charge is 0.408 e. The summed E-state index contributed by atoms with van der Waals surface area (Å²) in [6, 6.07) is 3.41. The number of amides is 4. The van der Waals surface area contributed by atoms with Gasteiger partial charge in [0.15, 0.2) is 0 Å². The van der Waals surface area contributed by atoms with Crippen molar-refractivity contribution in [2.24, 2.45) is 11.8 Å². The molecule has 3 N–H and O–H groups in total. The zero-order chi connectivity index (χ0) is 38.3. The average Bonchev–Trinajstić information content (AvgIpc) is 4.09. The molecule has 0 radical (unpaired) electrons. The summed E-state index contributed by atoms with van der Waals surface area (Å²) in [6.07, 6.45) is 11.9. The van der Waals surface area contributed by atoms with E-state index in [1.54, 1.807) is 13.2 Å². The number of rotatable bonds is 4. The molecule has 296 valence electrons. The molecule has 6 aliphatic rings. The van der Waals surface area contributed by atoms with Gasteiger partial charge in [-0.15, -0.1) is 0 Å². The van der Waals surface area contributed by atoms with Crippen LogP contribution in [0.4, 0.5) is 4.79 Å². The van der Waals surface area contributed by atoms with E-state index < -0.39 is 68.7 Å². The first-order chi connectivity index (χ1) is 26.5. The van der Waals surface area contributed by atoms with Crippen LogP contribution in [-0.4, -0.2) is 95.8 Å². The Balaban J connectivity index is 1.13. The molecular weight excluding hydrogens is 729 g/mol. The lowest BCUT2D eigenvalue weighted by molar-refractivity contribution is -0.141. The Morgan fingerprint density at radius 1 is 0.982 bits per heavy atom. The van der Waals surface area contributed by atoms with E-state index in [1.165, 1.54) is 4.90 Å². The number of allylic oxidation sites excluding steroid dienone is 1. The van der Waals surface area contributed by atoms with Gasteiger partial charge in [0, 0.05) is 18.4 Å². The third-order valence-electron chi connectivity index (χ3n) is 11.9. The molecule has 1 aromatic heterocycles. The van der Waals surface area contributed by atoms with Crippen LogP contribution in [0.5, 0.6) is 11.6 Å². The summed E-state index contributed by atoms with van der Waals surface area (Å²) in [7, 11) is -2.31. The number of aromatic nitrogens is 2. The van der Waals surface area contributed by atoms with Crippen LogP contribution in [0.2, 0.25) is 0 Å². The first kappa shape index (κ1) is 37.5. The van der Waals surface area contributed by atoms with Crippen LogP contribution >= 0.6 is 0 Å². The number of nitrogens with one attached hydrogen (secondary N) is 3. The fourth-order valence-electron chi connectivity index (χ4n) is 8.30. The van der Waals surface area contributed by atoms with Crippen molar-refractivity contribution in [2.45, 2.75) is 131 Å². The molecule has 4 heterocycles. The van der Waals surface area contributed by atoms with Crippen LogP contribution in [-0.2, 0) is 35.6 Å². The highest BCUT2D eigenvalue weighted by atomic mass is 32.2. The van der Waals surface area contributed by atoms with Gasteiger partial charge in [-0.25, -0.2) is 23.2 Å². The van der Waals surface area contributed by atoms with Crippen molar-refractivity contribution < 1.29 is 41.8 Å². The summed E-state index contributed by atoms with van der Waals surface area (Å²) >= 11 is 0. The highest BCUT2D eigenvalue weighted by Crippen LogP contribution is 2.46. The Labute approximate surface area is 320 Å². The van der Waals surface area contributed by atoms with E-state index >= 15 is 0 Å². The number of hydrogen-bond donors (Lipinski definition) is 3. The molecule has 7 atom stereocenters. The molecule has 1 aromatic carbocycles. The van der Waals surface area contributed by atoms with Crippen LogP contribution in [0.25, 0.3) is 11.0 Å². The number of aryl methyl sites for hydroxylation is 1. The Morgan fingerprint density at radius 2 is 1.80 bits per heavy atom. The van der Waals surface area contributed by atoms with E-state index in [9.17, 15) is 27.6 Å². The number of benzene rings is 1. The van der Waals surface area contributed by atoms with Gasteiger partial charge in [0.1, 0.15) is 41.3 Å². The zero-order valence-electron chi connectivity index (χ0n) is 31.2. The Bertz CT molecular complexity index is 1990. The molecule has 4 amide bonds. The molecule has 0 spiro atoms. The van der Waals surface area contributed by atoms with Crippen LogP contribution in [0.1, 0.15) is 95.6 Å². The van der Waals surface area contributed by atoms with E-state index in [2.05, 4.69) is 15.4 Å². The van der Waals surface area contributed by atoms with Gasteiger partial charge in [0.25, 0.3) is 5.91 Å². The Morgan fingerprint density at radius 3 is 2.62 bits per heavy atom. The maximum Gasteiger partial charge on any atom is 0.408 e. The standard InChI is InChI=1S/C39H50N6O9S/c1-52-25-14-17-28-31(19-25)41-35-29(40-28)12-9-5-6-10-23-18-33(23)54-38(49)42-30-13-8-4-2-3-7-11-24-21-39(24,37(48)44-55(50,51)27-15-16-27)43-34(46)32-20-26(53-35)22-45(32)36(30)47/h7,11,14,17,19,23-24,26-27,30,32-33H,2-6,8-10,12-13,15-16,18,20-22H2,1H3,(H,42,49)(H,43,46)(H,44,48)/b11-7-/t23-,24-,26-,30+,32+,33-,39-/m1/s1. The van der Waals surface area contributed by atoms with Crippen molar-refractivity contribution >= 4 is 44.9 Å². The minimum atomic E-state index is -3.89. The molecule has 16 heteroatoms. The van der Waals surface area contributed by atoms with E-state index in [4.69, 9.17) is 24.2 Å². The van der Waals surface area contributed by atoms with Crippen LogP contribution in [0.15, 0.2) is 30.4 Å². The number of methoxy groups -OCH3 is 1. The van der Waals surface area contributed by atoms with Gasteiger partial charge < -0.3 is 29.7 Å². The molecule has 1 saturated heterocycles. The zero-order valence-corrected chi connectivity index (χ0v) is 32.0. The van der Waals surface area contributed by atoms with Crippen molar-refractivity contribution in [3.63, 3.8) is 0 Å². The SMILES string of the molecule is COc1ccc2nc3c(nc2c1)O[C@@H]1C[C@H]2C(=O)N[C@]4(C(=O)NS(=O)(=O)C5CC5)C[C@H]4/C=C\CCCCC[C@H](NC(=O)O[C@@H]4C[C@H]4CCCCC3)C(=O)N2C1. The second-order valence-electron chi connectivity index (χ2n) is 16.1. The Hall–Kier alpha value is -4.47. The minimum Gasteiger partial charge on any atom is -0.497 e. The van der Waals surface area contributed by atoms with Gasteiger partial charge in [0.05, 0.1) is 29.9 Å². The lowest BCUT2D eigenvalue weighted by atomic mass is 10.0. The summed E-state index contributed by atoms with van der Waals surface area (Å²) in [5.41, 5.74) is 0.451. The number of hydrogen-bond acceptors (Lipinski definition) is 11. The topological polar surface area (TPSA) is 195 Å². The molecule has 3 saturated carbocycles. The highest BCUT2D eigenvalue weighted by molar-refractivity contribution is 7.91. The summed E-state index contributed by atoms with van der Waals surface area (Å²) in [4.78, 5) is 67.2. The fourth-order valence-corrected chi connectivity index (χ4v) is 9.67. The van der Waals surface area contributed by atoms with Crippen molar-refractivity contribution in [2.75, 3.05) is 13.7 Å². The van der Waals surface area contributed by atoms with E-state index in [0.29, 0.717) is 66.9 Å². The lowest BCUT2D eigenvalue weighted by Crippen LogP contribution is -2.58. The van der Waals surface area contributed by atoms with Gasteiger partial charge >= 0.3 is 6.09 Å². The summed E-state index contributed by atoms with van der Waals surface area (Å²) in [5, 5.41) is 5.11. The maximum absolute atomic E-state index is 14.6. The Kier molecular flexibility index (Phi) is 10.4. The van der Waals surface area contributed by atoms with E-state index in [-0.39, 0.29) is 31.4 Å². The maximum atomic E-state index is 14.6. The fraction of sp³-hybridized carbons (Fsp3) is 0.641. The molecule has 2 aromatic rings. The second kappa shape index (κ2) is 15.2. The van der Waals surface area contributed by atoms with E-state index in [0.717, 1.165) is 44.9 Å². The largest absolute Gasteiger partial charge is 0.497 e. The number of nitrogens with zero attached hydrogens (tertiary/aromatic N) is 3. The van der Waals surface area contributed by atoms with Gasteiger partial charge in [-0.05, 0) is 82.3 Å². The molecule has 8 rings (SSSR count). The van der Waals surface area contributed by atoms with Crippen LogP contribution in [0.3, 0.4) is 0 Å². The summed E-state index contributed by atoms with van der Waals surface area (Å²) < 4.78 is 45.8. The van der Waals surface area contributed by atoms with Crippen molar-refractivity contribution in [1.82, 2.24) is 30.2 Å². The van der Waals surface area contributed by atoms with E-state index in [1.807, 2.05) is 24.3 Å². The van der Waals surface area contributed by atoms with Gasteiger partial charge in [0.2, 0.25) is 27.7 Å². The number of fused-ring (bicyclic) bond motifs is 6. The summed E-state index contributed by atoms with van der Waals surface area (Å²) in [6.45, 7) is 0.00466. The van der Waals surface area contributed by atoms with Gasteiger partial charge in [-0.3, -0.25) is 19.1 Å². The number of sulfonamides is 1. The normalized spacial score (nSPS) is 32.3.